The quantitative estimate of drug-likeness (QED) is 0.830. The van der Waals surface area contributed by atoms with E-state index in [1.165, 1.54) is 38.5 Å². The lowest BCUT2D eigenvalue weighted by atomic mass is 9.52. The molecule has 0 spiro atoms. The van der Waals surface area contributed by atoms with Crippen LogP contribution in [0.15, 0.2) is 10.6 Å². The van der Waals surface area contributed by atoms with Crippen molar-refractivity contribution in [2.24, 2.45) is 17.8 Å². The van der Waals surface area contributed by atoms with Crippen molar-refractivity contribution >= 4 is 5.91 Å². The van der Waals surface area contributed by atoms with Crippen molar-refractivity contribution < 1.29 is 9.32 Å². The number of hydrogen-bond donors (Lipinski definition) is 0. The Bertz CT molecular complexity index is 652. The standard InChI is InChI=1S/C21H31N3O2/c1-14(2)19-10-18(22-26-19)20(25)23-3-5-24(6-4-23)21-11-15-7-16(12-21)9-17(8-15)13-21/h10,14-17H,3-9,11-13H2,1-2H3. The second-order valence-electron chi connectivity index (χ2n) is 9.69. The molecule has 4 saturated carbocycles. The SMILES string of the molecule is CC(C)c1cc(C(=O)N2CCN(C34CC5CC(CC(C5)C3)C4)CC2)no1. The van der Waals surface area contributed by atoms with Gasteiger partial charge < -0.3 is 9.42 Å². The van der Waals surface area contributed by atoms with Gasteiger partial charge in [0, 0.05) is 43.7 Å². The summed E-state index contributed by atoms with van der Waals surface area (Å²) in [5.74, 6) is 4.02. The molecule has 142 valence electrons. The van der Waals surface area contributed by atoms with E-state index in [-0.39, 0.29) is 11.8 Å². The van der Waals surface area contributed by atoms with Crippen LogP contribution in [0.5, 0.6) is 0 Å². The molecule has 1 aromatic heterocycles. The largest absolute Gasteiger partial charge is 0.360 e. The molecule has 2 heterocycles. The molecule has 0 atom stereocenters. The predicted molar refractivity (Wildman–Crippen MR) is 99.0 cm³/mol. The summed E-state index contributed by atoms with van der Waals surface area (Å²) < 4.78 is 5.32. The molecule has 1 amide bonds. The van der Waals surface area contributed by atoms with Crippen molar-refractivity contribution in [3.63, 3.8) is 0 Å². The first-order valence-corrected chi connectivity index (χ1v) is 10.5. The van der Waals surface area contributed by atoms with Crippen LogP contribution < -0.4 is 0 Å². The van der Waals surface area contributed by atoms with Crippen LogP contribution in [0.3, 0.4) is 0 Å². The second-order valence-corrected chi connectivity index (χ2v) is 9.69. The number of carbonyl (C=O) groups excluding carboxylic acids is 1. The van der Waals surface area contributed by atoms with Gasteiger partial charge in [0.05, 0.1) is 0 Å². The molecule has 5 fully saturated rings. The van der Waals surface area contributed by atoms with Gasteiger partial charge in [-0.1, -0.05) is 19.0 Å². The fourth-order valence-corrected chi connectivity index (χ4v) is 6.66. The first kappa shape index (κ1) is 16.8. The summed E-state index contributed by atoms with van der Waals surface area (Å²) in [4.78, 5) is 17.5. The Morgan fingerprint density at radius 3 is 2.15 bits per heavy atom. The van der Waals surface area contributed by atoms with E-state index in [9.17, 15) is 4.79 Å². The van der Waals surface area contributed by atoms with Crippen LogP contribution in [0, 0.1) is 17.8 Å². The number of aromatic nitrogens is 1. The van der Waals surface area contributed by atoms with Crippen LogP contribution in [0.25, 0.3) is 0 Å². The monoisotopic (exact) mass is 357 g/mol. The summed E-state index contributed by atoms with van der Waals surface area (Å²) in [5.41, 5.74) is 0.930. The highest BCUT2D eigenvalue weighted by molar-refractivity contribution is 5.92. The number of piperazine rings is 1. The highest BCUT2D eigenvalue weighted by Crippen LogP contribution is 2.57. The second kappa shape index (κ2) is 6.08. The van der Waals surface area contributed by atoms with Crippen molar-refractivity contribution in [2.45, 2.75) is 63.8 Å². The van der Waals surface area contributed by atoms with Gasteiger partial charge >= 0.3 is 0 Å². The summed E-state index contributed by atoms with van der Waals surface area (Å²) in [6.07, 6.45) is 8.70. The maximum Gasteiger partial charge on any atom is 0.276 e. The average Bonchev–Trinajstić information content (AvgIpc) is 3.10. The van der Waals surface area contributed by atoms with Crippen LogP contribution in [0.1, 0.15) is 74.5 Å². The first-order valence-electron chi connectivity index (χ1n) is 10.5. The minimum atomic E-state index is 0.0332. The average molecular weight is 357 g/mol. The maximum absolute atomic E-state index is 12.8. The Labute approximate surface area is 156 Å². The number of amides is 1. The molecule has 0 N–H and O–H groups in total. The minimum Gasteiger partial charge on any atom is -0.360 e. The molecule has 1 aromatic rings. The zero-order valence-corrected chi connectivity index (χ0v) is 16.1. The van der Waals surface area contributed by atoms with Crippen LogP contribution in [-0.2, 0) is 0 Å². The highest BCUT2D eigenvalue weighted by Gasteiger charge is 2.53. The van der Waals surface area contributed by atoms with Gasteiger partial charge in [0.15, 0.2) is 5.69 Å². The van der Waals surface area contributed by atoms with E-state index in [2.05, 4.69) is 23.9 Å². The Hall–Kier alpha value is -1.36. The summed E-state index contributed by atoms with van der Waals surface area (Å²) in [6.45, 7) is 7.80. The predicted octanol–water partition coefficient (Wildman–Crippen LogP) is 3.52. The molecule has 5 heteroatoms. The molecule has 0 aromatic carbocycles. The number of hydrogen-bond acceptors (Lipinski definition) is 4. The lowest BCUT2D eigenvalue weighted by molar-refractivity contribution is -0.0987. The maximum atomic E-state index is 12.8. The van der Waals surface area contributed by atoms with Crippen LogP contribution in [-0.4, -0.2) is 52.6 Å². The molecule has 1 saturated heterocycles. The normalized spacial score (nSPS) is 36.9. The summed E-state index contributed by atoms with van der Waals surface area (Å²) >= 11 is 0. The number of carbonyl (C=O) groups is 1. The van der Waals surface area contributed by atoms with Gasteiger partial charge in [-0.2, -0.15) is 0 Å². The van der Waals surface area contributed by atoms with Gasteiger partial charge in [0.1, 0.15) is 5.76 Å². The van der Waals surface area contributed by atoms with E-state index >= 15 is 0 Å². The zero-order chi connectivity index (χ0) is 17.9. The van der Waals surface area contributed by atoms with Gasteiger partial charge in [-0.3, -0.25) is 9.69 Å². The van der Waals surface area contributed by atoms with Gasteiger partial charge in [-0.05, 0) is 56.3 Å². The topological polar surface area (TPSA) is 49.6 Å². The minimum absolute atomic E-state index is 0.0332. The van der Waals surface area contributed by atoms with Crippen molar-refractivity contribution in [2.75, 3.05) is 26.2 Å². The lowest BCUT2D eigenvalue weighted by Crippen LogP contribution is -2.64. The molecule has 26 heavy (non-hydrogen) atoms. The van der Waals surface area contributed by atoms with Gasteiger partial charge in [-0.25, -0.2) is 0 Å². The summed E-state index contributed by atoms with van der Waals surface area (Å²) in [6, 6.07) is 1.82. The van der Waals surface area contributed by atoms with E-state index in [1.54, 1.807) is 0 Å². The summed E-state index contributed by atoms with van der Waals surface area (Å²) in [5, 5.41) is 4.01. The Kier molecular flexibility index (Phi) is 3.93. The molecule has 4 bridgehead atoms. The smallest absolute Gasteiger partial charge is 0.276 e. The van der Waals surface area contributed by atoms with Crippen LogP contribution in [0.4, 0.5) is 0 Å². The van der Waals surface area contributed by atoms with Crippen LogP contribution in [0.2, 0.25) is 0 Å². The molecule has 0 radical (unpaired) electrons. The molecule has 0 unspecified atom stereocenters. The Morgan fingerprint density at radius 2 is 1.65 bits per heavy atom. The van der Waals surface area contributed by atoms with Gasteiger partial charge in [0.2, 0.25) is 0 Å². The fraction of sp³-hybridized carbons (Fsp3) is 0.810. The lowest BCUT2D eigenvalue weighted by Gasteiger charge is -2.61. The Balaban J connectivity index is 1.24. The summed E-state index contributed by atoms with van der Waals surface area (Å²) in [7, 11) is 0. The molecular weight excluding hydrogens is 326 g/mol. The Morgan fingerprint density at radius 1 is 1.08 bits per heavy atom. The van der Waals surface area contributed by atoms with E-state index in [0.29, 0.717) is 11.2 Å². The molecule has 6 rings (SSSR count). The third kappa shape index (κ3) is 2.70. The first-order chi connectivity index (χ1) is 12.5. The van der Waals surface area contributed by atoms with Crippen LogP contribution >= 0.6 is 0 Å². The molecule has 5 aliphatic rings. The number of rotatable bonds is 3. The fourth-order valence-electron chi connectivity index (χ4n) is 6.66. The molecule has 1 aliphatic heterocycles. The highest BCUT2D eigenvalue weighted by atomic mass is 16.5. The molecule has 5 nitrogen and oxygen atoms in total. The third-order valence-corrected chi connectivity index (χ3v) is 7.56. The van der Waals surface area contributed by atoms with Crippen molar-refractivity contribution in [3.8, 4) is 0 Å². The van der Waals surface area contributed by atoms with E-state index in [4.69, 9.17) is 4.52 Å². The van der Waals surface area contributed by atoms with Crippen molar-refractivity contribution in [3.05, 3.63) is 17.5 Å². The van der Waals surface area contributed by atoms with Gasteiger partial charge in [-0.15, -0.1) is 0 Å². The number of nitrogens with zero attached hydrogens (tertiary/aromatic N) is 3. The van der Waals surface area contributed by atoms with E-state index in [1.807, 2.05) is 11.0 Å². The molecular formula is C21H31N3O2. The van der Waals surface area contributed by atoms with Crippen molar-refractivity contribution in [1.82, 2.24) is 15.0 Å². The van der Waals surface area contributed by atoms with Crippen molar-refractivity contribution in [1.29, 1.82) is 0 Å². The zero-order valence-electron chi connectivity index (χ0n) is 16.1. The van der Waals surface area contributed by atoms with E-state index < -0.39 is 0 Å². The third-order valence-electron chi connectivity index (χ3n) is 7.56. The van der Waals surface area contributed by atoms with Gasteiger partial charge in [0.25, 0.3) is 5.91 Å². The van der Waals surface area contributed by atoms with E-state index in [0.717, 1.165) is 49.7 Å². The molecule has 4 aliphatic carbocycles.